The number of carbonyl (C=O) groups is 1. The van der Waals surface area contributed by atoms with Crippen LogP contribution in [0.4, 0.5) is 0 Å². The van der Waals surface area contributed by atoms with Crippen LogP contribution in [0.3, 0.4) is 0 Å². The second kappa shape index (κ2) is 5.32. The topological polar surface area (TPSA) is 55.6 Å². The van der Waals surface area contributed by atoms with Gasteiger partial charge in [-0.05, 0) is 19.9 Å². The van der Waals surface area contributed by atoms with E-state index in [0.717, 1.165) is 13.0 Å². The smallest absolute Gasteiger partial charge is 0.225 e. The number of ether oxygens (including phenoxy) is 1. The van der Waals surface area contributed by atoms with Crippen molar-refractivity contribution >= 4 is 5.91 Å². The second-order valence-corrected chi connectivity index (χ2v) is 3.93. The van der Waals surface area contributed by atoms with Crippen LogP contribution in [0.25, 0.3) is 0 Å². The van der Waals surface area contributed by atoms with Crippen molar-refractivity contribution in [2.45, 2.75) is 26.3 Å². The molecule has 0 saturated carbocycles. The summed E-state index contributed by atoms with van der Waals surface area (Å²) in [5.74, 6) is 0.256. The molecule has 1 amide bonds. The molecule has 14 heavy (non-hydrogen) atoms. The predicted molar refractivity (Wildman–Crippen MR) is 54.8 cm³/mol. The van der Waals surface area contributed by atoms with Crippen LogP contribution in [0, 0.1) is 5.92 Å². The third-order valence-electron chi connectivity index (χ3n) is 2.67. The van der Waals surface area contributed by atoms with Gasteiger partial charge in [-0.25, -0.2) is 0 Å². The average Bonchev–Trinajstić information content (AvgIpc) is 2.18. The Labute approximate surface area is 85.4 Å². The Morgan fingerprint density at radius 1 is 1.71 bits per heavy atom. The van der Waals surface area contributed by atoms with Crippen molar-refractivity contribution in [1.82, 2.24) is 4.90 Å². The Balaban J connectivity index is 2.49. The van der Waals surface area contributed by atoms with Crippen molar-refractivity contribution in [3.8, 4) is 0 Å². The first-order valence-corrected chi connectivity index (χ1v) is 5.25. The third kappa shape index (κ3) is 2.69. The van der Waals surface area contributed by atoms with E-state index in [-0.39, 0.29) is 17.9 Å². The summed E-state index contributed by atoms with van der Waals surface area (Å²) in [7, 11) is 0. The van der Waals surface area contributed by atoms with Crippen molar-refractivity contribution in [2.24, 2.45) is 11.7 Å². The van der Waals surface area contributed by atoms with E-state index < -0.39 is 0 Å². The maximum Gasteiger partial charge on any atom is 0.225 e. The summed E-state index contributed by atoms with van der Waals surface area (Å²) in [6, 6.07) is 0.205. The maximum absolute atomic E-state index is 11.9. The predicted octanol–water partition coefficient (Wildman–Crippen LogP) is 0.219. The number of hydrogen-bond donors (Lipinski definition) is 1. The summed E-state index contributed by atoms with van der Waals surface area (Å²) in [4.78, 5) is 13.8. The third-order valence-corrected chi connectivity index (χ3v) is 2.67. The molecule has 2 atom stereocenters. The maximum atomic E-state index is 11.9. The van der Waals surface area contributed by atoms with Crippen LogP contribution in [0.1, 0.15) is 20.3 Å². The van der Waals surface area contributed by atoms with E-state index >= 15 is 0 Å². The molecule has 1 aliphatic heterocycles. The van der Waals surface area contributed by atoms with Crippen LogP contribution in [-0.4, -0.2) is 43.2 Å². The van der Waals surface area contributed by atoms with E-state index in [1.807, 2.05) is 18.7 Å². The molecule has 0 aromatic rings. The zero-order chi connectivity index (χ0) is 10.6. The molecule has 0 aromatic heterocycles. The summed E-state index contributed by atoms with van der Waals surface area (Å²) in [6.45, 7) is 6.57. The van der Waals surface area contributed by atoms with Crippen LogP contribution in [0.5, 0.6) is 0 Å². The SMILES string of the molecule is CC(CCN)C(=O)N1CCOC[C@H]1C. The molecule has 1 unspecified atom stereocenters. The Hall–Kier alpha value is -0.610. The van der Waals surface area contributed by atoms with Crippen molar-refractivity contribution in [2.75, 3.05) is 26.3 Å². The molecule has 1 heterocycles. The highest BCUT2D eigenvalue weighted by molar-refractivity contribution is 5.78. The number of hydrogen-bond acceptors (Lipinski definition) is 3. The van der Waals surface area contributed by atoms with Crippen molar-refractivity contribution < 1.29 is 9.53 Å². The highest BCUT2D eigenvalue weighted by Gasteiger charge is 2.26. The summed E-state index contributed by atoms with van der Waals surface area (Å²) < 4.78 is 5.28. The standard InChI is InChI=1S/C10H20N2O2/c1-8(3-4-11)10(13)12-5-6-14-7-9(12)2/h8-9H,3-7,11H2,1-2H3/t8?,9-/m1/s1. The van der Waals surface area contributed by atoms with E-state index in [1.54, 1.807) is 0 Å². The van der Waals surface area contributed by atoms with Gasteiger partial charge in [-0.2, -0.15) is 0 Å². The van der Waals surface area contributed by atoms with Crippen LogP contribution in [0.2, 0.25) is 0 Å². The monoisotopic (exact) mass is 200 g/mol. The van der Waals surface area contributed by atoms with Crippen LogP contribution in [0.15, 0.2) is 0 Å². The van der Waals surface area contributed by atoms with Gasteiger partial charge in [-0.1, -0.05) is 6.92 Å². The molecule has 0 spiro atoms. The number of rotatable bonds is 3. The lowest BCUT2D eigenvalue weighted by Gasteiger charge is -2.35. The molecular weight excluding hydrogens is 180 g/mol. The quantitative estimate of drug-likeness (QED) is 0.709. The zero-order valence-corrected chi connectivity index (χ0v) is 9.03. The van der Waals surface area contributed by atoms with Gasteiger partial charge in [0.2, 0.25) is 5.91 Å². The first-order chi connectivity index (χ1) is 6.66. The normalized spacial score (nSPS) is 24.8. The Kier molecular flexibility index (Phi) is 4.35. The van der Waals surface area contributed by atoms with Crippen molar-refractivity contribution in [3.63, 3.8) is 0 Å². The molecular formula is C10H20N2O2. The molecule has 0 aromatic carbocycles. The minimum absolute atomic E-state index is 0.0422. The lowest BCUT2D eigenvalue weighted by Crippen LogP contribution is -2.49. The van der Waals surface area contributed by atoms with Gasteiger partial charge in [-0.15, -0.1) is 0 Å². The summed E-state index contributed by atoms with van der Waals surface area (Å²) in [5.41, 5.74) is 5.44. The molecule has 1 rings (SSSR count). The Morgan fingerprint density at radius 3 is 3.00 bits per heavy atom. The van der Waals surface area contributed by atoms with Gasteiger partial charge in [0.25, 0.3) is 0 Å². The first-order valence-electron chi connectivity index (χ1n) is 5.25. The van der Waals surface area contributed by atoms with Crippen LogP contribution >= 0.6 is 0 Å². The van der Waals surface area contributed by atoms with E-state index in [9.17, 15) is 4.79 Å². The lowest BCUT2D eigenvalue weighted by atomic mass is 10.1. The number of nitrogens with two attached hydrogens (primary N) is 1. The highest BCUT2D eigenvalue weighted by Crippen LogP contribution is 2.12. The van der Waals surface area contributed by atoms with Gasteiger partial charge in [0.15, 0.2) is 0 Å². The fourth-order valence-electron chi connectivity index (χ4n) is 1.71. The number of morpholine rings is 1. The van der Waals surface area contributed by atoms with Gasteiger partial charge in [-0.3, -0.25) is 4.79 Å². The molecule has 0 aliphatic carbocycles. The average molecular weight is 200 g/mol. The fourth-order valence-corrected chi connectivity index (χ4v) is 1.71. The first kappa shape index (κ1) is 11.5. The van der Waals surface area contributed by atoms with Gasteiger partial charge in [0.1, 0.15) is 0 Å². The summed E-state index contributed by atoms with van der Waals surface area (Å²) in [6.07, 6.45) is 0.767. The van der Waals surface area contributed by atoms with Gasteiger partial charge < -0.3 is 15.4 Å². The minimum atomic E-state index is 0.0422. The van der Waals surface area contributed by atoms with E-state index in [0.29, 0.717) is 19.8 Å². The zero-order valence-electron chi connectivity index (χ0n) is 9.03. The largest absolute Gasteiger partial charge is 0.377 e. The lowest BCUT2D eigenvalue weighted by molar-refractivity contribution is -0.143. The molecule has 1 aliphatic rings. The number of amides is 1. The fraction of sp³-hybridized carbons (Fsp3) is 0.900. The van der Waals surface area contributed by atoms with Crippen LogP contribution < -0.4 is 5.73 Å². The number of carbonyl (C=O) groups excluding carboxylic acids is 1. The highest BCUT2D eigenvalue weighted by atomic mass is 16.5. The van der Waals surface area contributed by atoms with Gasteiger partial charge in [0, 0.05) is 12.5 Å². The number of nitrogens with zero attached hydrogens (tertiary/aromatic N) is 1. The van der Waals surface area contributed by atoms with Crippen molar-refractivity contribution in [3.05, 3.63) is 0 Å². The van der Waals surface area contributed by atoms with E-state index in [1.165, 1.54) is 0 Å². The van der Waals surface area contributed by atoms with E-state index in [4.69, 9.17) is 10.5 Å². The second-order valence-electron chi connectivity index (χ2n) is 3.93. The molecule has 4 nitrogen and oxygen atoms in total. The molecule has 82 valence electrons. The Morgan fingerprint density at radius 2 is 2.43 bits per heavy atom. The van der Waals surface area contributed by atoms with Gasteiger partial charge in [0.05, 0.1) is 19.3 Å². The molecule has 2 N–H and O–H groups in total. The molecule has 0 radical (unpaired) electrons. The minimum Gasteiger partial charge on any atom is -0.377 e. The van der Waals surface area contributed by atoms with Gasteiger partial charge >= 0.3 is 0 Å². The molecule has 0 bridgehead atoms. The summed E-state index contributed by atoms with van der Waals surface area (Å²) in [5, 5.41) is 0. The summed E-state index contributed by atoms with van der Waals surface area (Å²) >= 11 is 0. The Bertz CT molecular complexity index is 197. The molecule has 1 saturated heterocycles. The van der Waals surface area contributed by atoms with Crippen LogP contribution in [-0.2, 0) is 9.53 Å². The van der Waals surface area contributed by atoms with E-state index in [2.05, 4.69) is 0 Å². The van der Waals surface area contributed by atoms with Crippen molar-refractivity contribution in [1.29, 1.82) is 0 Å². The molecule has 4 heteroatoms. The molecule has 1 fully saturated rings.